The van der Waals surface area contributed by atoms with Crippen molar-refractivity contribution >= 4 is 29.2 Å². The average Bonchev–Trinajstić information content (AvgIpc) is 2.99. The van der Waals surface area contributed by atoms with Gasteiger partial charge in [-0.15, -0.1) is 0 Å². The van der Waals surface area contributed by atoms with E-state index in [9.17, 15) is 13.6 Å². The van der Waals surface area contributed by atoms with E-state index >= 15 is 0 Å². The van der Waals surface area contributed by atoms with Crippen LogP contribution >= 0.6 is 23.2 Å². The Bertz CT molecular complexity index is 785. The molecular formula is C18H23Cl2F2N3O3. The van der Waals surface area contributed by atoms with E-state index in [-0.39, 0.29) is 12.1 Å². The van der Waals surface area contributed by atoms with Crippen molar-refractivity contribution in [2.24, 2.45) is 7.05 Å². The summed E-state index contributed by atoms with van der Waals surface area (Å²) < 4.78 is 25.2. The molecule has 1 unspecified atom stereocenters. The first-order chi connectivity index (χ1) is 13.0. The molecule has 0 spiro atoms. The lowest BCUT2D eigenvalue weighted by atomic mass is 10.1. The molecule has 0 saturated carbocycles. The zero-order chi connectivity index (χ0) is 21.4. The summed E-state index contributed by atoms with van der Waals surface area (Å²) in [6.45, 7) is 6.01. The Balaban J connectivity index is 0.000000292. The standard InChI is InChI=1S/C12H17Cl2NO.C6H6F2N2O2/c1-8(2)16-15-9(3)6-10-4-5-11(13)7-12(10)14;1-10-2-3(6(11)12)4(9-10)5(7)8/h4-5,7-9,15H,6H2,1-3H3;2,5H,1H3,(H,11,12). The van der Waals surface area contributed by atoms with Gasteiger partial charge in [0.1, 0.15) is 11.3 Å². The summed E-state index contributed by atoms with van der Waals surface area (Å²) in [6, 6.07) is 5.76. The number of carboxylic acids is 1. The number of nitrogens with one attached hydrogen (secondary N) is 1. The number of aromatic carboxylic acids is 1. The van der Waals surface area contributed by atoms with E-state index in [1.807, 2.05) is 32.9 Å². The maximum absolute atomic E-state index is 12.1. The smallest absolute Gasteiger partial charge is 0.339 e. The van der Waals surface area contributed by atoms with Gasteiger partial charge in [0.25, 0.3) is 6.43 Å². The molecule has 0 amide bonds. The minimum atomic E-state index is -2.85. The molecule has 28 heavy (non-hydrogen) atoms. The molecule has 0 aliphatic heterocycles. The molecule has 1 aromatic heterocycles. The van der Waals surface area contributed by atoms with Crippen molar-refractivity contribution < 1.29 is 23.5 Å². The van der Waals surface area contributed by atoms with E-state index in [1.54, 1.807) is 6.07 Å². The van der Waals surface area contributed by atoms with Gasteiger partial charge in [0.2, 0.25) is 0 Å². The number of carboxylic acid groups (broad SMARTS) is 1. The SMILES string of the molecule is CC(Cc1ccc(Cl)cc1Cl)NOC(C)C.Cn1cc(C(=O)O)c(C(F)F)n1. The lowest BCUT2D eigenvalue weighted by molar-refractivity contribution is -0.0224. The van der Waals surface area contributed by atoms with Gasteiger partial charge in [0.05, 0.1) is 6.10 Å². The second-order valence-corrected chi connectivity index (χ2v) is 7.18. The van der Waals surface area contributed by atoms with Crippen molar-refractivity contribution in [3.63, 3.8) is 0 Å². The number of hydroxylamine groups is 1. The molecule has 156 valence electrons. The van der Waals surface area contributed by atoms with E-state index in [0.717, 1.165) is 22.9 Å². The Morgan fingerprint density at radius 1 is 1.32 bits per heavy atom. The van der Waals surface area contributed by atoms with Crippen LogP contribution in [-0.4, -0.2) is 33.0 Å². The Kier molecular flexibility index (Phi) is 9.81. The molecule has 2 aromatic rings. The summed E-state index contributed by atoms with van der Waals surface area (Å²) in [6.07, 6.45) is -0.826. The number of benzene rings is 1. The number of rotatable bonds is 7. The number of aryl methyl sites for hydroxylation is 1. The molecular weight excluding hydrogens is 415 g/mol. The normalized spacial score (nSPS) is 12.1. The Morgan fingerprint density at radius 3 is 2.43 bits per heavy atom. The zero-order valence-corrected chi connectivity index (χ0v) is 17.4. The fraction of sp³-hybridized carbons (Fsp3) is 0.444. The topological polar surface area (TPSA) is 76.4 Å². The lowest BCUT2D eigenvalue weighted by Gasteiger charge is -2.16. The molecule has 2 N–H and O–H groups in total. The van der Waals surface area contributed by atoms with Crippen molar-refractivity contribution in [2.45, 2.75) is 45.8 Å². The highest BCUT2D eigenvalue weighted by molar-refractivity contribution is 6.35. The fourth-order valence-electron chi connectivity index (χ4n) is 2.14. The lowest BCUT2D eigenvalue weighted by Crippen LogP contribution is -2.30. The molecule has 0 fully saturated rings. The summed E-state index contributed by atoms with van der Waals surface area (Å²) in [7, 11) is 1.39. The Morgan fingerprint density at radius 2 is 1.96 bits per heavy atom. The van der Waals surface area contributed by atoms with Gasteiger partial charge in [-0.3, -0.25) is 9.52 Å². The van der Waals surface area contributed by atoms with Crippen molar-refractivity contribution in [1.82, 2.24) is 15.3 Å². The van der Waals surface area contributed by atoms with E-state index in [1.165, 1.54) is 7.05 Å². The molecule has 10 heteroatoms. The first-order valence-corrected chi connectivity index (χ1v) is 9.16. The number of halogens is 4. The van der Waals surface area contributed by atoms with Crippen LogP contribution in [0.4, 0.5) is 8.78 Å². The van der Waals surface area contributed by atoms with Crippen LogP contribution in [0.1, 0.15) is 48.8 Å². The maximum atomic E-state index is 12.1. The molecule has 1 heterocycles. The van der Waals surface area contributed by atoms with Crippen LogP contribution in [0.25, 0.3) is 0 Å². The maximum Gasteiger partial charge on any atom is 0.339 e. The van der Waals surface area contributed by atoms with Gasteiger partial charge in [-0.1, -0.05) is 29.3 Å². The Hall–Kier alpha value is -1.74. The molecule has 0 saturated heterocycles. The van der Waals surface area contributed by atoms with Gasteiger partial charge >= 0.3 is 5.97 Å². The number of hydrogen-bond donors (Lipinski definition) is 2. The second kappa shape index (κ2) is 11.3. The zero-order valence-electron chi connectivity index (χ0n) is 15.9. The van der Waals surface area contributed by atoms with Gasteiger partial charge in [0, 0.05) is 29.3 Å². The van der Waals surface area contributed by atoms with Gasteiger partial charge in [-0.2, -0.15) is 10.6 Å². The second-order valence-electron chi connectivity index (χ2n) is 6.33. The first kappa shape index (κ1) is 24.3. The van der Waals surface area contributed by atoms with Crippen molar-refractivity contribution in [3.05, 3.63) is 51.3 Å². The molecule has 1 atom stereocenters. The van der Waals surface area contributed by atoms with Crippen LogP contribution < -0.4 is 5.48 Å². The first-order valence-electron chi connectivity index (χ1n) is 8.41. The van der Waals surface area contributed by atoms with Gasteiger partial charge in [-0.05, 0) is 44.9 Å². The third-order valence-electron chi connectivity index (χ3n) is 3.34. The highest BCUT2D eigenvalue weighted by Crippen LogP contribution is 2.22. The minimum absolute atomic E-state index is 0.170. The summed E-state index contributed by atoms with van der Waals surface area (Å²) in [5.41, 5.74) is 2.91. The number of carbonyl (C=O) groups is 1. The molecule has 2 rings (SSSR count). The van der Waals surface area contributed by atoms with E-state index in [2.05, 4.69) is 10.6 Å². The van der Waals surface area contributed by atoms with Crippen LogP contribution in [0.5, 0.6) is 0 Å². The van der Waals surface area contributed by atoms with Crippen molar-refractivity contribution in [3.8, 4) is 0 Å². The minimum Gasteiger partial charge on any atom is -0.478 e. The Labute approximate surface area is 172 Å². The van der Waals surface area contributed by atoms with Crippen LogP contribution in [0.3, 0.4) is 0 Å². The third-order valence-corrected chi connectivity index (χ3v) is 3.93. The number of aromatic nitrogens is 2. The monoisotopic (exact) mass is 437 g/mol. The quantitative estimate of drug-likeness (QED) is 0.601. The van der Waals surface area contributed by atoms with Crippen LogP contribution in [-0.2, 0) is 18.3 Å². The summed E-state index contributed by atoms with van der Waals surface area (Å²) >= 11 is 11.9. The molecule has 6 nitrogen and oxygen atoms in total. The molecule has 0 aliphatic rings. The van der Waals surface area contributed by atoms with Gasteiger partial charge in [-0.25, -0.2) is 13.6 Å². The summed E-state index contributed by atoms with van der Waals surface area (Å²) in [5.74, 6) is -1.39. The van der Waals surface area contributed by atoms with Crippen molar-refractivity contribution in [2.75, 3.05) is 0 Å². The van der Waals surface area contributed by atoms with Crippen molar-refractivity contribution in [1.29, 1.82) is 0 Å². The number of hydrogen-bond acceptors (Lipinski definition) is 4. The van der Waals surface area contributed by atoms with E-state index in [0.29, 0.717) is 10.0 Å². The van der Waals surface area contributed by atoms with E-state index < -0.39 is 23.7 Å². The number of nitrogens with zero attached hydrogens (tertiary/aromatic N) is 2. The third kappa shape index (κ3) is 8.10. The predicted molar refractivity (Wildman–Crippen MR) is 104 cm³/mol. The summed E-state index contributed by atoms with van der Waals surface area (Å²) in [4.78, 5) is 15.7. The highest BCUT2D eigenvalue weighted by atomic mass is 35.5. The van der Waals surface area contributed by atoms with Gasteiger partial charge < -0.3 is 5.11 Å². The van der Waals surface area contributed by atoms with Crippen LogP contribution in [0, 0.1) is 0 Å². The average molecular weight is 438 g/mol. The van der Waals surface area contributed by atoms with Crippen LogP contribution in [0.15, 0.2) is 24.4 Å². The summed E-state index contributed by atoms with van der Waals surface area (Å²) in [5, 5.41) is 13.1. The predicted octanol–water partition coefficient (Wildman–Crippen LogP) is 4.91. The molecule has 1 aromatic carbocycles. The molecule has 0 bridgehead atoms. The highest BCUT2D eigenvalue weighted by Gasteiger charge is 2.21. The molecule has 0 radical (unpaired) electrons. The largest absolute Gasteiger partial charge is 0.478 e. The van der Waals surface area contributed by atoms with Gasteiger partial charge in [0.15, 0.2) is 0 Å². The number of alkyl halides is 2. The van der Waals surface area contributed by atoms with Crippen LogP contribution in [0.2, 0.25) is 10.0 Å². The fourth-order valence-corrected chi connectivity index (χ4v) is 2.63. The molecule has 0 aliphatic carbocycles. The van der Waals surface area contributed by atoms with E-state index in [4.69, 9.17) is 33.1 Å².